The molecular formula is C15H23NO4. The summed E-state index contributed by atoms with van der Waals surface area (Å²) in [4.78, 5) is 4.34. The van der Waals surface area contributed by atoms with E-state index in [-0.39, 0.29) is 6.61 Å². The average Bonchev–Trinajstić information content (AvgIpc) is 2.52. The molecule has 0 saturated carbocycles. The quantitative estimate of drug-likeness (QED) is 0.374. The summed E-state index contributed by atoms with van der Waals surface area (Å²) in [5.74, 6) is -1.12. The van der Waals surface area contributed by atoms with E-state index in [9.17, 15) is 0 Å². The molecule has 0 aliphatic rings. The van der Waals surface area contributed by atoms with Crippen LogP contribution in [0.1, 0.15) is 12.0 Å². The van der Waals surface area contributed by atoms with Crippen molar-refractivity contribution in [2.75, 3.05) is 41.1 Å². The molecule has 0 saturated heterocycles. The first-order chi connectivity index (χ1) is 9.76. The fourth-order valence-electron chi connectivity index (χ4n) is 1.59. The molecule has 0 atom stereocenters. The standard InChI is InChI=1S/C15H23NO4/c1-17-15(18-2,19-3)13-20-11-7-10-16-12-14-8-5-4-6-9-14/h4-6,8-9,12H,7,10-11,13H2,1-3H3. The molecule has 112 valence electrons. The third-order valence-corrected chi connectivity index (χ3v) is 2.83. The molecule has 1 aromatic carbocycles. The van der Waals surface area contributed by atoms with E-state index in [0.29, 0.717) is 6.61 Å². The van der Waals surface area contributed by atoms with Crippen molar-refractivity contribution >= 4 is 6.21 Å². The van der Waals surface area contributed by atoms with Crippen LogP contribution < -0.4 is 0 Å². The normalized spacial score (nSPS) is 12.2. The summed E-state index contributed by atoms with van der Waals surface area (Å²) < 4.78 is 20.8. The zero-order valence-electron chi connectivity index (χ0n) is 12.4. The highest BCUT2D eigenvalue weighted by Crippen LogP contribution is 2.12. The third-order valence-electron chi connectivity index (χ3n) is 2.83. The minimum absolute atomic E-state index is 0.221. The van der Waals surface area contributed by atoms with Crippen molar-refractivity contribution in [3.63, 3.8) is 0 Å². The Morgan fingerprint density at radius 1 is 1.05 bits per heavy atom. The lowest BCUT2D eigenvalue weighted by molar-refractivity contribution is -0.368. The highest BCUT2D eigenvalue weighted by atomic mass is 16.9. The second kappa shape index (κ2) is 9.61. The Hall–Kier alpha value is -1.27. The van der Waals surface area contributed by atoms with E-state index in [1.54, 1.807) is 0 Å². The van der Waals surface area contributed by atoms with Gasteiger partial charge in [0.25, 0.3) is 0 Å². The molecule has 0 radical (unpaired) electrons. The van der Waals surface area contributed by atoms with E-state index in [1.807, 2.05) is 36.5 Å². The van der Waals surface area contributed by atoms with Crippen molar-refractivity contribution in [3.05, 3.63) is 35.9 Å². The smallest absolute Gasteiger partial charge is 0.307 e. The van der Waals surface area contributed by atoms with Crippen LogP contribution in [-0.2, 0) is 18.9 Å². The number of hydrogen-bond acceptors (Lipinski definition) is 5. The molecule has 5 heteroatoms. The SMILES string of the molecule is COC(COCCCN=Cc1ccccc1)(OC)OC. The first kappa shape index (κ1) is 16.8. The van der Waals surface area contributed by atoms with Gasteiger partial charge in [-0.2, -0.15) is 0 Å². The molecule has 0 aliphatic heterocycles. The lowest BCUT2D eigenvalue weighted by Gasteiger charge is -2.28. The summed E-state index contributed by atoms with van der Waals surface area (Å²) in [7, 11) is 4.54. The van der Waals surface area contributed by atoms with Crippen LogP contribution in [0.2, 0.25) is 0 Å². The number of benzene rings is 1. The van der Waals surface area contributed by atoms with Gasteiger partial charge in [0.05, 0.1) is 0 Å². The summed E-state index contributed by atoms with van der Waals surface area (Å²) in [5.41, 5.74) is 1.10. The summed E-state index contributed by atoms with van der Waals surface area (Å²) in [6, 6.07) is 10.0. The van der Waals surface area contributed by atoms with E-state index >= 15 is 0 Å². The molecule has 0 spiro atoms. The first-order valence-corrected chi connectivity index (χ1v) is 6.54. The molecule has 0 aromatic heterocycles. The molecule has 0 fully saturated rings. The van der Waals surface area contributed by atoms with Gasteiger partial charge in [-0.25, -0.2) is 0 Å². The molecule has 1 aromatic rings. The second-order valence-electron chi connectivity index (χ2n) is 4.15. The summed E-state index contributed by atoms with van der Waals surface area (Å²) in [5, 5.41) is 0. The summed E-state index contributed by atoms with van der Waals surface area (Å²) in [6.45, 7) is 1.51. The Balaban J connectivity index is 2.15. The maximum absolute atomic E-state index is 5.48. The van der Waals surface area contributed by atoms with Crippen LogP contribution >= 0.6 is 0 Å². The topological polar surface area (TPSA) is 49.3 Å². The average molecular weight is 281 g/mol. The summed E-state index contributed by atoms with van der Waals surface area (Å²) >= 11 is 0. The molecule has 0 unspecified atom stereocenters. The third kappa shape index (κ3) is 5.79. The highest BCUT2D eigenvalue weighted by Gasteiger charge is 2.29. The van der Waals surface area contributed by atoms with E-state index < -0.39 is 5.97 Å². The van der Waals surface area contributed by atoms with Gasteiger partial charge in [0.1, 0.15) is 6.61 Å². The monoisotopic (exact) mass is 281 g/mol. The van der Waals surface area contributed by atoms with Crippen LogP contribution in [0.3, 0.4) is 0 Å². The van der Waals surface area contributed by atoms with Crippen LogP contribution in [0.25, 0.3) is 0 Å². The molecule has 20 heavy (non-hydrogen) atoms. The van der Waals surface area contributed by atoms with Crippen LogP contribution in [0, 0.1) is 0 Å². The van der Waals surface area contributed by atoms with E-state index in [4.69, 9.17) is 18.9 Å². The minimum atomic E-state index is -1.12. The predicted molar refractivity (Wildman–Crippen MR) is 78.1 cm³/mol. The van der Waals surface area contributed by atoms with E-state index in [0.717, 1.165) is 18.5 Å². The van der Waals surface area contributed by atoms with Crippen molar-refractivity contribution in [2.24, 2.45) is 4.99 Å². The fraction of sp³-hybridized carbons (Fsp3) is 0.533. The maximum atomic E-state index is 5.48. The van der Waals surface area contributed by atoms with Crippen LogP contribution in [-0.4, -0.2) is 53.3 Å². The van der Waals surface area contributed by atoms with Gasteiger partial charge in [-0.05, 0) is 12.0 Å². The lowest BCUT2D eigenvalue weighted by atomic mass is 10.2. The Morgan fingerprint density at radius 3 is 2.30 bits per heavy atom. The number of methoxy groups -OCH3 is 3. The molecule has 1 rings (SSSR count). The van der Waals surface area contributed by atoms with Gasteiger partial charge >= 0.3 is 5.97 Å². The molecule has 0 bridgehead atoms. The molecule has 5 nitrogen and oxygen atoms in total. The molecular weight excluding hydrogens is 258 g/mol. The zero-order chi connectivity index (χ0) is 14.7. The van der Waals surface area contributed by atoms with Crippen molar-refractivity contribution in [3.8, 4) is 0 Å². The Kier molecular flexibility index (Phi) is 8.06. The molecule has 0 heterocycles. The van der Waals surface area contributed by atoms with Crippen LogP contribution in [0.15, 0.2) is 35.3 Å². The number of aliphatic imine (C=N–C) groups is 1. The van der Waals surface area contributed by atoms with Gasteiger partial charge in [0.2, 0.25) is 0 Å². The number of nitrogens with zero attached hydrogens (tertiary/aromatic N) is 1. The first-order valence-electron chi connectivity index (χ1n) is 6.54. The molecule has 0 aliphatic carbocycles. The van der Waals surface area contributed by atoms with Gasteiger partial charge in [0, 0.05) is 40.7 Å². The van der Waals surface area contributed by atoms with E-state index in [1.165, 1.54) is 21.3 Å². The van der Waals surface area contributed by atoms with Gasteiger partial charge in [-0.3, -0.25) is 4.99 Å². The zero-order valence-corrected chi connectivity index (χ0v) is 12.4. The van der Waals surface area contributed by atoms with Gasteiger partial charge in [-0.15, -0.1) is 0 Å². The fourth-order valence-corrected chi connectivity index (χ4v) is 1.59. The number of ether oxygens (including phenoxy) is 4. The second-order valence-corrected chi connectivity index (χ2v) is 4.15. The van der Waals surface area contributed by atoms with Crippen molar-refractivity contribution < 1.29 is 18.9 Å². The van der Waals surface area contributed by atoms with Crippen LogP contribution in [0.4, 0.5) is 0 Å². The van der Waals surface area contributed by atoms with E-state index in [2.05, 4.69) is 4.99 Å². The van der Waals surface area contributed by atoms with Crippen molar-refractivity contribution in [1.29, 1.82) is 0 Å². The molecule has 0 N–H and O–H groups in total. The molecule has 0 amide bonds. The number of hydrogen-bond donors (Lipinski definition) is 0. The predicted octanol–water partition coefficient (Wildman–Crippen LogP) is 2.11. The van der Waals surface area contributed by atoms with Gasteiger partial charge in [-0.1, -0.05) is 30.3 Å². The Labute approximate surface area is 120 Å². The van der Waals surface area contributed by atoms with Crippen molar-refractivity contribution in [1.82, 2.24) is 0 Å². The maximum Gasteiger partial charge on any atom is 0.307 e. The van der Waals surface area contributed by atoms with Crippen LogP contribution in [0.5, 0.6) is 0 Å². The minimum Gasteiger partial charge on any atom is -0.373 e. The lowest BCUT2D eigenvalue weighted by Crippen LogP contribution is -2.41. The Morgan fingerprint density at radius 2 is 1.70 bits per heavy atom. The highest BCUT2D eigenvalue weighted by molar-refractivity contribution is 5.79. The Bertz CT molecular complexity index is 368. The van der Waals surface area contributed by atoms with Gasteiger partial charge < -0.3 is 18.9 Å². The van der Waals surface area contributed by atoms with Crippen molar-refractivity contribution in [2.45, 2.75) is 12.4 Å². The largest absolute Gasteiger partial charge is 0.373 e. The van der Waals surface area contributed by atoms with Gasteiger partial charge in [0.15, 0.2) is 0 Å². The summed E-state index contributed by atoms with van der Waals surface area (Å²) in [6.07, 6.45) is 2.69. The number of rotatable bonds is 10.